The van der Waals surface area contributed by atoms with Gasteiger partial charge in [-0.25, -0.2) is 0 Å². The van der Waals surface area contributed by atoms with Crippen molar-refractivity contribution in [3.63, 3.8) is 0 Å². The molecule has 1 amide bonds. The van der Waals surface area contributed by atoms with Crippen molar-refractivity contribution in [3.8, 4) is 0 Å². The van der Waals surface area contributed by atoms with Gasteiger partial charge in [0.05, 0.1) is 12.3 Å². The first-order valence-electron chi connectivity index (χ1n) is 6.22. The molecule has 1 aromatic carbocycles. The Kier molecular flexibility index (Phi) is 3.65. The van der Waals surface area contributed by atoms with Gasteiger partial charge in [0.1, 0.15) is 0 Å². The SMILES string of the molecule is CCN(CCC(=O)O)C(=O)C1Cc2ccccc21. The van der Waals surface area contributed by atoms with Crippen molar-refractivity contribution >= 4 is 11.9 Å². The molecule has 18 heavy (non-hydrogen) atoms. The van der Waals surface area contributed by atoms with Crippen LogP contribution in [0.4, 0.5) is 0 Å². The highest BCUT2D eigenvalue weighted by Crippen LogP contribution is 2.36. The molecule has 96 valence electrons. The summed E-state index contributed by atoms with van der Waals surface area (Å²) in [4.78, 5) is 24.5. The Balaban J connectivity index is 2.01. The van der Waals surface area contributed by atoms with Crippen molar-refractivity contribution in [2.24, 2.45) is 0 Å². The second-order valence-electron chi connectivity index (χ2n) is 4.52. The number of rotatable bonds is 5. The summed E-state index contributed by atoms with van der Waals surface area (Å²) in [7, 11) is 0. The number of nitrogens with zero attached hydrogens (tertiary/aromatic N) is 1. The van der Waals surface area contributed by atoms with Gasteiger partial charge >= 0.3 is 5.97 Å². The van der Waals surface area contributed by atoms with Gasteiger partial charge < -0.3 is 10.0 Å². The fraction of sp³-hybridized carbons (Fsp3) is 0.429. The Labute approximate surface area is 106 Å². The number of likely N-dealkylation sites (N-methyl/N-ethyl adjacent to an activating group) is 1. The van der Waals surface area contributed by atoms with E-state index < -0.39 is 5.97 Å². The van der Waals surface area contributed by atoms with Gasteiger partial charge in [0.2, 0.25) is 5.91 Å². The molecule has 0 aromatic heterocycles. The van der Waals surface area contributed by atoms with Crippen LogP contribution >= 0.6 is 0 Å². The molecule has 2 rings (SSSR count). The number of carboxylic acids is 1. The van der Waals surface area contributed by atoms with E-state index in [0.29, 0.717) is 13.1 Å². The normalized spacial score (nSPS) is 16.6. The molecule has 0 fully saturated rings. The zero-order valence-electron chi connectivity index (χ0n) is 10.4. The van der Waals surface area contributed by atoms with E-state index >= 15 is 0 Å². The van der Waals surface area contributed by atoms with Crippen molar-refractivity contribution in [2.75, 3.05) is 13.1 Å². The summed E-state index contributed by atoms with van der Waals surface area (Å²) in [6.07, 6.45) is 0.784. The summed E-state index contributed by atoms with van der Waals surface area (Å²) in [5.74, 6) is -0.886. The first-order chi connectivity index (χ1) is 8.63. The van der Waals surface area contributed by atoms with Gasteiger partial charge in [-0.05, 0) is 24.5 Å². The van der Waals surface area contributed by atoms with Crippen molar-refractivity contribution in [3.05, 3.63) is 35.4 Å². The first-order valence-corrected chi connectivity index (χ1v) is 6.22. The second kappa shape index (κ2) is 5.21. The van der Waals surface area contributed by atoms with E-state index in [1.54, 1.807) is 4.90 Å². The van der Waals surface area contributed by atoms with Crippen LogP contribution in [-0.4, -0.2) is 35.0 Å². The first kappa shape index (κ1) is 12.6. The maximum atomic E-state index is 12.3. The summed E-state index contributed by atoms with van der Waals surface area (Å²) in [5.41, 5.74) is 2.32. The monoisotopic (exact) mass is 247 g/mol. The van der Waals surface area contributed by atoms with Crippen LogP contribution in [0, 0.1) is 0 Å². The highest BCUT2D eigenvalue weighted by atomic mass is 16.4. The lowest BCUT2D eigenvalue weighted by Gasteiger charge is -2.33. The van der Waals surface area contributed by atoms with Crippen LogP contribution in [0.5, 0.6) is 0 Å². The average Bonchev–Trinajstić information content (AvgIpc) is 2.31. The highest BCUT2D eigenvalue weighted by Gasteiger charge is 2.34. The van der Waals surface area contributed by atoms with Gasteiger partial charge in [-0.1, -0.05) is 24.3 Å². The van der Waals surface area contributed by atoms with Gasteiger partial charge in [-0.2, -0.15) is 0 Å². The molecule has 1 unspecified atom stereocenters. The van der Waals surface area contributed by atoms with E-state index in [1.165, 1.54) is 5.56 Å². The third-order valence-electron chi connectivity index (χ3n) is 3.44. The molecule has 4 nitrogen and oxygen atoms in total. The molecule has 0 heterocycles. The molecule has 1 atom stereocenters. The molecular weight excluding hydrogens is 230 g/mol. The van der Waals surface area contributed by atoms with Gasteiger partial charge in [0.25, 0.3) is 0 Å². The van der Waals surface area contributed by atoms with Crippen LogP contribution in [-0.2, 0) is 16.0 Å². The van der Waals surface area contributed by atoms with Gasteiger partial charge in [-0.15, -0.1) is 0 Å². The molecule has 0 aliphatic heterocycles. The molecule has 0 saturated heterocycles. The van der Waals surface area contributed by atoms with Crippen LogP contribution in [0.3, 0.4) is 0 Å². The number of carbonyl (C=O) groups is 2. The maximum Gasteiger partial charge on any atom is 0.305 e. The van der Waals surface area contributed by atoms with Crippen LogP contribution in [0.15, 0.2) is 24.3 Å². The van der Waals surface area contributed by atoms with Crippen molar-refractivity contribution in [1.82, 2.24) is 4.90 Å². The van der Waals surface area contributed by atoms with Crippen LogP contribution in [0.1, 0.15) is 30.4 Å². The van der Waals surface area contributed by atoms with Gasteiger partial charge in [0, 0.05) is 13.1 Å². The van der Waals surface area contributed by atoms with Gasteiger partial charge in [0.15, 0.2) is 0 Å². The number of hydrogen-bond acceptors (Lipinski definition) is 2. The highest BCUT2D eigenvalue weighted by molar-refractivity contribution is 5.87. The summed E-state index contributed by atoms with van der Waals surface area (Å²) in [5, 5.41) is 8.67. The summed E-state index contributed by atoms with van der Waals surface area (Å²) < 4.78 is 0. The topological polar surface area (TPSA) is 57.6 Å². The largest absolute Gasteiger partial charge is 0.481 e. The fourth-order valence-corrected chi connectivity index (χ4v) is 2.35. The quantitative estimate of drug-likeness (QED) is 0.860. The molecule has 0 saturated carbocycles. The Morgan fingerprint density at radius 1 is 1.39 bits per heavy atom. The zero-order valence-corrected chi connectivity index (χ0v) is 10.4. The minimum Gasteiger partial charge on any atom is -0.481 e. The summed E-state index contributed by atoms with van der Waals surface area (Å²) in [6.45, 7) is 2.73. The third kappa shape index (κ3) is 2.37. The maximum absolute atomic E-state index is 12.3. The van der Waals surface area contributed by atoms with Gasteiger partial charge in [-0.3, -0.25) is 9.59 Å². The Morgan fingerprint density at radius 3 is 2.72 bits per heavy atom. The van der Waals surface area contributed by atoms with E-state index in [4.69, 9.17) is 5.11 Å². The van der Waals surface area contributed by atoms with Crippen molar-refractivity contribution < 1.29 is 14.7 Å². The molecular formula is C14H17NO3. The minimum atomic E-state index is -0.866. The molecule has 1 aromatic rings. The number of hydrogen-bond donors (Lipinski definition) is 1. The van der Waals surface area contributed by atoms with E-state index in [9.17, 15) is 9.59 Å². The van der Waals surface area contributed by atoms with E-state index in [0.717, 1.165) is 12.0 Å². The number of carboxylic acid groups (broad SMARTS) is 1. The standard InChI is InChI=1S/C14H17NO3/c1-2-15(8-7-13(16)17)14(18)12-9-10-5-3-4-6-11(10)12/h3-6,12H,2,7-9H2,1H3,(H,16,17). The average molecular weight is 247 g/mol. The van der Waals surface area contributed by atoms with E-state index in [-0.39, 0.29) is 18.2 Å². The van der Waals surface area contributed by atoms with Crippen LogP contribution < -0.4 is 0 Å². The van der Waals surface area contributed by atoms with E-state index in [2.05, 4.69) is 0 Å². The second-order valence-corrected chi connectivity index (χ2v) is 4.52. The van der Waals surface area contributed by atoms with Crippen LogP contribution in [0.2, 0.25) is 0 Å². The number of fused-ring (bicyclic) bond motifs is 1. The van der Waals surface area contributed by atoms with Crippen molar-refractivity contribution in [2.45, 2.75) is 25.7 Å². The molecule has 1 aliphatic rings. The predicted octanol–water partition coefficient (Wildman–Crippen LogP) is 1.65. The number of benzene rings is 1. The number of aliphatic carboxylic acids is 1. The third-order valence-corrected chi connectivity index (χ3v) is 3.44. The van der Waals surface area contributed by atoms with E-state index in [1.807, 2.05) is 31.2 Å². The number of amides is 1. The fourth-order valence-electron chi connectivity index (χ4n) is 2.35. The summed E-state index contributed by atoms with van der Waals surface area (Å²) >= 11 is 0. The smallest absolute Gasteiger partial charge is 0.305 e. The Bertz CT molecular complexity index is 470. The zero-order chi connectivity index (χ0) is 13.1. The van der Waals surface area contributed by atoms with Crippen molar-refractivity contribution in [1.29, 1.82) is 0 Å². The lowest BCUT2D eigenvalue weighted by molar-refractivity contribution is -0.139. The van der Waals surface area contributed by atoms with Crippen LogP contribution in [0.25, 0.3) is 0 Å². The summed E-state index contributed by atoms with van der Waals surface area (Å²) in [6, 6.07) is 7.92. The number of carbonyl (C=O) groups excluding carboxylic acids is 1. The minimum absolute atomic E-state index is 0.00788. The molecule has 0 radical (unpaired) electrons. The molecule has 1 N–H and O–H groups in total. The predicted molar refractivity (Wildman–Crippen MR) is 67.4 cm³/mol. The molecule has 0 spiro atoms. The Hall–Kier alpha value is -1.84. The molecule has 1 aliphatic carbocycles. The Morgan fingerprint density at radius 2 is 2.11 bits per heavy atom. The lowest BCUT2D eigenvalue weighted by Crippen LogP contribution is -2.40. The molecule has 4 heteroatoms. The lowest BCUT2D eigenvalue weighted by atomic mass is 9.77. The molecule has 0 bridgehead atoms.